The zero-order valence-corrected chi connectivity index (χ0v) is 12.0. The van der Waals surface area contributed by atoms with Crippen molar-refractivity contribution in [2.45, 2.75) is 24.1 Å². The van der Waals surface area contributed by atoms with Gasteiger partial charge in [0.2, 0.25) is 5.91 Å². The topological polar surface area (TPSA) is 55.1 Å². The van der Waals surface area contributed by atoms with Crippen LogP contribution < -0.4 is 11.1 Å². The molecule has 0 aliphatic carbocycles. The van der Waals surface area contributed by atoms with E-state index in [0.29, 0.717) is 5.25 Å². The average Bonchev–Trinajstić information content (AvgIpc) is 2.61. The van der Waals surface area contributed by atoms with Crippen molar-refractivity contribution >= 4 is 39.3 Å². The van der Waals surface area contributed by atoms with Crippen LogP contribution in [0.1, 0.15) is 13.3 Å². The number of nitrogens with two attached hydrogens (primary N) is 1. The molecule has 5 heteroatoms. The van der Waals surface area contributed by atoms with Crippen LogP contribution >= 0.6 is 27.7 Å². The summed E-state index contributed by atoms with van der Waals surface area (Å²) >= 11 is 5.20. The molecule has 3 nitrogen and oxygen atoms in total. The van der Waals surface area contributed by atoms with Gasteiger partial charge < -0.3 is 11.1 Å². The molecule has 1 aromatic rings. The Labute approximate surface area is 114 Å². The van der Waals surface area contributed by atoms with Gasteiger partial charge in [-0.25, -0.2) is 0 Å². The zero-order chi connectivity index (χ0) is 12.5. The Hall–Kier alpha value is -0.680. The monoisotopic (exact) mass is 314 g/mol. The largest absolute Gasteiger partial charge is 0.370 e. The van der Waals surface area contributed by atoms with Gasteiger partial charge in [0.05, 0.1) is 0 Å². The Bertz CT molecular complexity index is 440. The summed E-state index contributed by atoms with van der Waals surface area (Å²) in [6, 6.07) is 7.79. The lowest BCUT2D eigenvalue weighted by Gasteiger charge is -2.27. The van der Waals surface area contributed by atoms with E-state index in [9.17, 15) is 4.79 Å². The molecule has 0 bridgehead atoms. The number of hydrogen-bond donors (Lipinski definition) is 2. The number of rotatable bonds is 3. The lowest BCUT2D eigenvalue weighted by atomic mass is 9.95. The fourth-order valence-electron chi connectivity index (χ4n) is 2.06. The number of carbonyl (C=O) groups excluding carboxylic acids is 1. The predicted molar refractivity (Wildman–Crippen MR) is 76.2 cm³/mol. The number of amides is 1. The first-order valence-electron chi connectivity index (χ1n) is 5.47. The number of anilines is 1. The molecule has 1 heterocycles. The molecular weight excluding hydrogens is 300 g/mol. The normalized spacial score (nSPS) is 28.0. The summed E-state index contributed by atoms with van der Waals surface area (Å²) in [5.41, 5.74) is 5.87. The second kappa shape index (κ2) is 4.90. The van der Waals surface area contributed by atoms with Crippen LogP contribution in [0.15, 0.2) is 28.7 Å². The van der Waals surface area contributed by atoms with E-state index in [1.807, 2.05) is 24.3 Å². The third-order valence-corrected chi connectivity index (χ3v) is 4.82. The Morgan fingerprint density at radius 3 is 2.94 bits per heavy atom. The van der Waals surface area contributed by atoms with Crippen molar-refractivity contribution in [1.29, 1.82) is 0 Å². The second-order valence-electron chi connectivity index (χ2n) is 4.41. The number of halogens is 1. The first kappa shape index (κ1) is 12.8. The van der Waals surface area contributed by atoms with Crippen molar-refractivity contribution < 1.29 is 4.79 Å². The van der Waals surface area contributed by atoms with Crippen LogP contribution in [0.3, 0.4) is 0 Å². The van der Waals surface area contributed by atoms with E-state index in [-0.39, 0.29) is 5.91 Å². The number of hydrogen-bond acceptors (Lipinski definition) is 3. The summed E-state index contributed by atoms with van der Waals surface area (Å²) in [5, 5.41) is 3.76. The minimum atomic E-state index is -0.606. The molecule has 0 saturated carbocycles. The van der Waals surface area contributed by atoms with Crippen LogP contribution in [0.4, 0.5) is 5.69 Å². The molecule has 1 aliphatic heterocycles. The van der Waals surface area contributed by atoms with Gasteiger partial charge in [0.1, 0.15) is 5.54 Å². The lowest BCUT2D eigenvalue weighted by Crippen LogP contribution is -2.51. The smallest absolute Gasteiger partial charge is 0.244 e. The third kappa shape index (κ3) is 2.77. The maximum atomic E-state index is 11.7. The number of nitrogens with one attached hydrogen (secondary N) is 1. The van der Waals surface area contributed by atoms with Gasteiger partial charge in [-0.15, -0.1) is 0 Å². The van der Waals surface area contributed by atoms with Gasteiger partial charge in [0.25, 0.3) is 0 Å². The Morgan fingerprint density at radius 1 is 1.65 bits per heavy atom. The third-order valence-electron chi connectivity index (χ3n) is 2.93. The van der Waals surface area contributed by atoms with Crippen LogP contribution in [0.25, 0.3) is 0 Å². The van der Waals surface area contributed by atoms with Crippen LogP contribution in [0.5, 0.6) is 0 Å². The molecule has 3 N–H and O–H groups in total. The Kier molecular flexibility index (Phi) is 3.68. The first-order chi connectivity index (χ1) is 8.02. The fraction of sp³-hybridized carbons (Fsp3) is 0.417. The first-order valence-corrected chi connectivity index (χ1v) is 7.31. The number of primary amides is 1. The minimum absolute atomic E-state index is 0.269. The number of thioether (sulfide) groups is 1. The van der Waals surface area contributed by atoms with E-state index >= 15 is 0 Å². The summed E-state index contributed by atoms with van der Waals surface area (Å²) in [7, 11) is 0. The summed E-state index contributed by atoms with van der Waals surface area (Å²) in [4.78, 5) is 11.7. The SMILES string of the molecule is CC1CC(Nc2cccc(Br)c2)(C(N)=O)CS1. The van der Waals surface area contributed by atoms with Crippen LogP contribution in [0.2, 0.25) is 0 Å². The summed E-state index contributed by atoms with van der Waals surface area (Å²) in [6.07, 6.45) is 0.777. The van der Waals surface area contributed by atoms with Gasteiger partial charge in [-0.1, -0.05) is 28.9 Å². The highest BCUT2D eigenvalue weighted by Gasteiger charge is 2.43. The molecule has 0 aromatic heterocycles. The average molecular weight is 315 g/mol. The standard InChI is InChI=1S/C12H15BrN2OS/c1-8-6-12(7-17-8,11(14)16)15-10-4-2-3-9(13)5-10/h2-5,8,15H,6-7H2,1H3,(H2,14,16). The Balaban J connectivity index is 2.22. The fourth-order valence-corrected chi connectivity index (χ4v) is 3.76. The predicted octanol–water partition coefficient (Wildman–Crippen LogP) is 2.61. The molecular formula is C12H15BrN2OS. The highest BCUT2D eigenvalue weighted by molar-refractivity contribution is 9.10. The molecule has 1 saturated heterocycles. The van der Waals surface area contributed by atoms with Gasteiger partial charge in [0.15, 0.2) is 0 Å². The molecule has 17 heavy (non-hydrogen) atoms. The van der Waals surface area contributed by atoms with Crippen molar-refractivity contribution in [3.05, 3.63) is 28.7 Å². The van der Waals surface area contributed by atoms with Gasteiger partial charge in [0, 0.05) is 21.2 Å². The van der Waals surface area contributed by atoms with E-state index in [1.165, 1.54) is 0 Å². The summed E-state index contributed by atoms with van der Waals surface area (Å²) in [5.74, 6) is 0.463. The molecule has 0 radical (unpaired) electrons. The van der Waals surface area contributed by atoms with Crippen LogP contribution in [-0.2, 0) is 4.79 Å². The van der Waals surface area contributed by atoms with Crippen molar-refractivity contribution in [3.63, 3.8) is 0 Å². The number of carbonyl (C=O) groups is 1. The second-order valence-corrected chi connectivity index (χ2v) is 6.75. The van der Waals surface area contributed by atoms with Crippen molar-refractivity contribution in [3.8, 4) is 0 Å². The molecule has 1 fully saturated rings. The van der Waals surface area contributed by atoms with E-state index < -0.39 is 5.54 Å². The molecule has 2 atom stereocenters. The van der Waals surface area contributed by atoms with Crippen molar-refractivity contribution in [2.24, 2.45) is 5.73 Å². The summed E-state index contributed by atoms with van der Waals surface area (Å²) < 4.78 is 0.987. The van der Waals surface area contributed by atoms with E-state index in [2.05, 4.69) is 28.2 Å². The van der Waals surface area contributed by atoms with Crippen LogP contribution in [0, 0.1) is 0 Å². The van der Waals surface area contributed by atoms with Crippen LogP contribution in [-0.4, -0.2) is 22.4 Å². The van der Waals surface area contributed by atoms with Gasteiger partial charge in [-0.3, -0.25) is 4.79 Å². The van der Waals surface area contributed by atoms with E-state index in [1.54, 1.807) is 11.8 Å². The zero-order valence-electron chi connectivity index (χ0n) is 9.57. The molecule has 1 aromatic carbocycles. The van der Waals surface area contributed by atoms with Crippen molar-refractivity contribution in [2.75, 3.05) is 11.1 Å². The number of benzene rings is 1. The maximum absolute atomic E-state index is 11.7. The molecule has 0 spiro atoms. The quantitative estimate of drug-likeness (QED) is 0.901. The molecule has 1 aliphatic rings. The summed E-state index contributed by atoms with van der Waals surface area (Å²) in [6.45, 7) is 2.12. The minimum Gasteiger partial charge on any atom is -0.370 e. The molecule has 2 rings (SSSR count). The van der Waals surface area contributed by atoms with Gasteiger partial charge in [-0.2, -0.15) is 11.8 Å². The van der Waals surface area contributed by atoms with Gasteiger partial charge in [-0.05, 0) is 24.6 Å². The molecule has 92 valence electrons. The maximum Gasteiger partial charge on any atom is 0.244 e. The van der Waals surface area contributed by atoms with E-state index in [4.69, 9.17) is 5.73 Å². The van der Waals surface area contributed by atoms with Gasteiger partial charge >= 0.3 is 0 Å². The Morgan fingerprint density at radius 2 is 2.41 bits per heavy atom. The molecule has 1 amide bonds. The highest BCUT2D eigenvalue weighted by Crippen LogP contribution is 2.37. The highest BCUT2D eigenvalue weighted by atomic mass is 79.9. The van der Waals surface area contributed by atoms with E-state index in [0.717, 1.165) is 22.3 Å². The molecule has 2 unspecified atom stereocenters. The van der Waals surface area contributed by atoms with Crippen molar-refractivity contribution in [1.82, 2.24) is 0 Å². The lowest BCUT2D eigenvalue weighted by molar-refractivity contribution is -0.121.